The number of ether oxygens (including phenoxy) is 1. The zero-order valence-corrected chi connectivity index (χ0v) is 15.6. The number of carbonyl (C=O) groups is 1. The van der Waals surface area contributed by atoms with Crippen molar-refractivity contribution in [1.29, 1.82) is 0 Å². The first kappa shape index (κ1) is 18.7. The fraction of sp³-hybridized carbons (Fsp3) is 0.238. The van der Waals surface area contributed by atoms with Crippen LogP contribution in [0.3, 0.4) is 0 Å². The Hall–Kier alpha value is -3.12. The lowest BCUT2D eigenvalue weighted by Gasteiger charge is -2.18. The van der Waals surface area contributed by atoms with Crippen LogP contribution in [-0.4, -0.2) is 34.5 Å². The van der Waals surface area contributed by atoms with Crippen LogP contribution in [0, 0.1) is 13.8 Å². The summed E-state index contributed by atoms with van der Waals surface area (Å²) in [6.07, 6.45) is 0. The molecule has 0 spiro atoms. The van der Waals surface area contributed by atoms with E-state index in [2.05, 4.69) is 10.4 Å². The van der Waals surface area contributed by atoms with Crippen molar-refractivity contribution < 1.29 is 14.6 Å². The third-order valence-electron chi connectivity index (χ3n) is 4.37. The van der Waals surface area contributed by atoms with Crippen LogP contribution in [0.4, 0.5) is 0 Å². The molecule has 2 N–H and O–H groups in total. The molecule has 140 valence electrons. The number of carbonyl (C=O) groups excluding carboxylic acids is 1. The molecule has 1 heterocycles. The van der Waals surface area contributed by atoms with Crippen LogP contribution in [0.25, 0.3) is 5.69 Å². The summed E-state index contributed by atoms with van der Waals surface area (Å²) < 4.78 is 7.19. The fourth-order valence-electron chi connectivity index (χ4n) is 3.03. The molecule has 1 aromatic heterocycles. The van der Waals surface area contributed by atoms with Crippen LogP contribution < -0.4 is 10.1 Å². The standard InChI is InChI=1S/C21H23N3O3/c1-14-11-15(2)24(23-14)19-12-17(9-10-20(19)27-3)21(26)22-18(13-25)16-7-5-4-6-8-16/h4-12,18,25H,13H2,1-3H3,(H,22,26)/t18-/m0/s1. The third kappa shape index (κ3) is 4.01. The van der Waals surface area contributed by atoms with E-state index in [1.807, 2.05) is 50.2 Å². The summed E-state index contributed by atoms with van der Waals surface area (Å²) in [6, 6.07) is 16.1. The number of aromatic nitrogens is 2. The first-order chi connectivity index (χ1) is 13.0. The highest BCUT2D eigenvalue weighted by Gasteiger charge is 2.18. The van der Waals surface area contributed by atoms with Crippen molar-refractivity contribution in [3.05, 3.63) is 77.1 Å². The van der Waals surface area contributed by atoms with Gasteiger partial charge in [-0.15, -0.1) is 0 Å². The number of methoxy groups -OCH3 is 1. The highest BCUT2D eigenvalue weighted by atomic mass is 16.5. The number of amides is 1. The van der Waals surface area contributed by atoms with Gasteiger partial charge in [0.1, 0.15) is 11.4 Å². The summed E-state index contributed by atoms with van der Waals surface area (Å²) in [6.45, 7) is 3.68. The van der Waals surface area contributed by atoms with Crippen molar-refractivity contribution in [3.8, 4) is 11.4 Å². The van der Waals surface area contributed by atoms with Crippen LogP contribution in [0.5, 0.6) is 5.75 Å². The number of hydrogen-bond acceptors (Lipinski definition) is 4. The lowest BCUT2D eigenvalue weighted by Crippen LogP contribution is -2.30. The molecule has 1 atom stereocenters. The zero-order chi connectivity index (χ0) is 19.4. The van der Waals surface area contributed by atoms with Gasteiger partial charge in [-0.1, -0.05) is 30.3 Å². The minimum atomic E-state index is -0.474. The maximum atomic E-state index is 12.8. The van der Waals surface area contributed by atoms with E-state index in [0.29, 0.717) is 17.0 Å². The number of rotatable bonds is 6. The monoisotopic (exact) mass is 365 g/mol. The topological polar surface area (TPSA) is 76.4 Å². The Labute approximate surface area is 158 Å². The highest BCUT2D eigenvalue weighted by molar-refractivity contribution is 5.95. The lowest BCUT2D eigenvalue weighted by atomic mass is 10.1. The van der Waals surface area contributed by atoms with Crippen molar-refractivity contribution in [2.45, 2.75) is 19.9 Å². The molecule has 3 aromatic rings. The SMILES string of the molecule is COc1ccc(C(=O)N[C@@H](CO)c2ccccc2)cc1-n1nc(C)cc1C. The number of benzene rings is 2. The molecule has 0 aliphatic heterocycles. The van der Waals surface area contributed by atoms with E-state index >= 15 is 0 Å². The number of nitrogens with one attached hydrogen (secondary N) is 1. The van der Waals surface area contributed by atoms with E-state index in [4.69, 9.17) is 4.74 Å². The summed E-state index contributed by atoms with van der Waals surface area (Å²) in [5.41, 5.74) is 3.83. The van der Waals surface area contributed by atoms with E-state index in [0.717, 1.165) is 17.0 Å². The minimum Gasteiger partial charge on any atom is -0.494 e. The number of nitrogens with zero attached hydrogens (tertiary/aromatic N) is 2. The molecule has 0 aliphatic rings. The minimum absolute atomic E-state index is 0.184. The predicted octanol–water partition coefficient (Wildman–Crippen LogP) is 2.96. The van der Waals surface area contributed by atoms with E-state index in [9.17, 15) is 9.90 Å². The summed E-state index contributed by atoms with van der Waals surface area (Å²) in [5, 5.41) is 17.0. The van der Waals surface area contributed by atoms with Gasteiger partial charge in [0.15, 0.2) is 0 Å². The van der Waals surface area contributed by atoms with Gasteiger partial charge < -0.3 is 15.2 Å². The van der Waals surface area contributed by atoms with E-state index in [-0.39, 0.29) is 12.5 Å². The molecule has 0 unspecified atom stereocenters. The van der Waals surface area contributed by atoms with Crippen molar-refractivity contribution >= 4 is 5.91 Å². The Kier molecular flexibility index (Phi) is 5.57. The molecular formula is C21H23N3O3. The predicted molar refractivity (Wildman–Crippen MR) is 103 cm³/mol. The molecule has 0 bridgehead atoms. The Morgan fingerprint density at radius 1 is 1.19 bits per heavy atom. The first-order valence-electron chi connectivity index (χ1n) is 8.72. The summed E-state index contributed by atoms with van der Waals surface area (Å²) >= 11 is 0. The average Bonchev–Trinajstić information content (AvgIpc) is 3.03. The quantitative estimate of drug-likeness (QED) is 0.704. The van der Waals surface area contributed by atoms with Crippen LogP contribution in [0.2, 0.25) is 0 Å². The van der Waals surface area contributed by atoms with E-state index < -0.39 is 6.04 Å². The molecule has 3 rings (SSSR count). The number of aliphatic hydroxyl groups is 1. The normalized spacial score (nSPS) is 11.9. The number of aryl methyl sites for hydroxylation is 2. The van der Waals surface area contributed by atoms with E-state index in [1.165, 1.54) is 0 Å². The first-order valence-corrected chi connectivity index (χ1v) is 8.72. The smallest absolute Gasteiger partial charge is 0.251 e. The van der Waals surface area contributed by atoms with Crippen molar-refractivity contribution in [2.24, 2.45) is 0 Å². The van der Waals surface area contributed by atoms with Gasteiger partial charge in [0.25, 0.3) is 5.91 Å². The maximum Gasteiger partial charge on any atom is 0.251 e. The maximum absolute atomic E-state index is 12.8. The van der Waals surface area contributed by atoms with Gasteiger partial charge >= 0.3 is 0 Å². The van der Waals surface area contributed by atoms with Crippen molar-refractivity contribution in [3.63, 3.8) is 0 Å². The number of aliphatic hydroxyl groups excluding tert-OH is 1. The average molecular weight is 365 g/mol. The molecule has 27 heavy (non-hydrogen) atoms. The third-order valence-corrected chi connectivity index (χ3v) is 4.37. The zero-order valence-electron chi connectivity index (χ0n) is 15.6. The summed E-state index contributed by atoms with van der Waals surface area (Å²) in [7, 11) is 1.58. The van der Waals surface area contributed by atoms with Gasteiger partial charge in [0, 0.05) is 11.3 Å². The van der Waals surface area contributed by atoms with Gasteiger partial charge in [-0.25, -0.2) is 4.68 Å². The Balaban J connectivity index is 1.91. The summed E-state index contributed by atoms with van der Waals surface area (Å²) in [5.74, 6) is 0.350. The Bertz CT molecular complexity index is 935. The van der Waals surface area contributed by atoms with Crippen LogP contribution in [-0.2, 0) is 0 Å². The molecule has 0 saturated carbocycles. The molecule has 0 aliphatic carbocycles. The van der Waals surface area contributed by atoms with Crippen molar-refractivity contribution in [2.75, 3.05) is 13.7 Å². The lowest BCUT2D eigenvalue weighted by molar-refractivity contribution is 0.0916. The second kappa shape index (κ2) is 8.05. The molecule has 0 radical (unpaired) electrons. The van der Waals surface area contributed by atoms with Crippen LogP contribution >= 0.6 is 0 Å². The van der Waals surface area contributed by atoms with Gasteiger partial charge in [-0.2, -0.15) is 5.10 Å². The van der Waals surface area contributed by atoms with E-state index in [1.54, 1.807) is 30.0 Å². The second-order valence-corrected chi connectivity index (χ2v) is 6.34. The Morgan fingerprint density at radius 3 is 2.52 bits per heavy atom. The Morgan fingerprint density at radius 2 is 1.93 bits per heavy atom. The molecule has 0 saturated heterocycles. The van der Waals surface area contributed by atoms with Gasteiger partial charge in [-0.3, -0.25) is 4.79 Å². The molecule has 0 fully saturated rings. The fourth-order valence-corrected chi connectivity index (χ4v) is 3.03. The van der Waals surface area contributed by atoms with Gasteiger partial charge in [0.05, 0.1) is 25.5 Å². The molecule has 6 nitrogen and oxygen atoms in total. The molecule has 6 heteroatoms. The van der Waals surface area contributed by atoms with Gasteiger partial charge in [0.2, 0.25) is 0 Å². The van der Waals surface area contributed by atoms with Crippen LogP contribution in [0.15, 0.2) is 54.6 Å². The largest absolute Gasteiger partial charge is 0.494 e. The van der Waals surface area contributed by atoms with Gasteiger partial charge in [-0.05, 0) is 43.7 Å². The number of hydrogen-bond donors (Lipinski definition) is 2. The van der Waals surface area contributed by atoms with Crippen molar-refractivity contribution in [1.82, 2.24) is 15.1 Å². The highest BCUT2D eigenvalue weighted by Crippen LogP contribution is 2.26. The molecule has 1 amide bonds. The summed E-state index contributed by atoms with van der Waals surface area (Å²) in [4.78, 5) is 12.8. The van der Waals surface area contributed by atoms with Crippen LogP contribution in [0.1, 0.15) is 33.4 Å². The molecule has 2 aromatic carbocycles. The second-order valence-electron chi connectivity index (χ2n) is 6.34. The molecular weight excluding hydrogens is 342 g/mol.